The normalized spacial score (nSPS) is 10.9. The van der Waals surface area contributed by atoms with E-state index in [1.54, 1.807) is 49.6 Å². The first-order chi connectivity index (χ1) is 17.6. The maximum absolute atomic E-state index is 12.7. The number of amides is 1. The summed E-state index contributed by atoms with van der Waals surface area (Å²) in [5.74, 6) is 1.39. The third-order valence-electron chi connectivity index (χ3n) is 5.48. The number of nitriles is 1. The van der Waals surface area contributed by atoms with Crippen molar-refractivity contribution in [3.05, 3.63) is 89.5 Å². The number of anilines is 1. The van der Waals surface area contributed by atoms with Crippen molar-refractivity contribution >= 4 is 17.7 Å². The molecule has 1 amide bonds. The topological polar surface area (TPSA) is 80.6 Å². The van der Waals surface area contributed by atoms with E-state index in [0.29, 0.717) is 41.7 Å². The van der Waals surface area contributed by atoms with E-state index in [-0.39, 0.29) is 5.57 Å². The number of carbonyl (C=O) groups excluding carboxylic acids is 1. The molecule has 0 fully saturated rings. The zero-order valence-corrected chi connectivity index (χ0v) is 20.8. The Kier molecular flexibility index (Phi) is 10.4. The Labute approximate surface area is 213 Å². The summed E-state index contributed by atoms with van der Waals surface area (Å²) in [5, 5.41) is 12.3. The number of rotatable bonds is 13. The minimum atomic E-state index is -0.495. The summed E-state index contributed by atoms with van der Waals surface area (Å²) < 4.78 is 17.1. The zero-order valence-electron chi connectivity index (χ0n) is 20.8. The van der Waals surface area contributed by atoms with E-state index >= 15 is 0 Å². The van der Waals surface area contributed by atoms with E-state index in [2.05, 4.69) is 12.2 Å². The van der Waals surface area contributed by atoms with Gasteiger partial charge < -0.3 is 19.5 Å². The highest BCUT2D eigenvalue weighted by Gasteiger charge is 2.11. The summed E-state index contributed by atoms with van der Waals surface area (Å²) in [6.45, 7) is 3.25. The average Bonchev–Trinajstić information content (AvgIpc) is 2.92. The van der Waals surface area contributed by atoms with Gasteiger partial charge in [-0.1, -0.05) is 62.6 Å². The molecule has 3 rings (SSSR count). The van der Waals surface area contributed by atoms with E-state index in [1.807, 2.05) is 36.4 Å². The number of nitrogens with zero attached hydrogens (tertiary/aromatic N) is 1. The molecule has 0 aliphatic carbocycles. The van der Waals surface area contributed by atoms with Crippen LogP contribution in [0.5, 0.6) is 17.2 Å². The van der Waals surface area contributed by atoms with Gasteiger partial charge in [-0.2, -0.15) is 5.26 Å². The van der Waals surface area contributed by atoms with Crippen LogP contribution in [0.1, 0.15) is 43.7 Å². The molecule has 6 nitrogen and oxygen atoms in total. The Morgan fingerprint density at radius 2 is 1.72 bits per heavy atom. The molecule has 0 saturated heterocycles. The van der Waals surface area contributed by atoms with E-state index < -0.39 is 5.91 Å². The molecule has 0 heterocycles. The lowest BCUT2D eigenvalue weighted by atomic mass is 10.1. The molecule has 186 valence electrons. The van der Waals surface area contributed by atoms with Crippen LogP contribution in [0.3, 0.4) is 0 Å². The van der Waals surface area contributed by atoms with Gasteiger partial charge in [0.15, 0.2) is 11.5 Å². The van der Waals surface area contributed by atoms with Crippen LogP contribution >= 0.6 is 0 Å². The molecule has 3 aromatic rings. The van der Waals surface area contributed by atoms with Crippen molar-refractivity contribution in [3.8, 4) is 23.3 Å². The molecule has 0 aliphatic heterocycles. The van der Waals surface area contributed by atoms with Gasteiger partial charge in [-0.15, -0.1) is 0 Å². The van der Waals surface area contributed by atoms with E-state index in [1.165, 1.54) is 18.9 Å². The molecule has 0 aromatic heterocycles. The summed E-state index contributed by atoms with van der Waals surface area (Å²) in [7, 11) is 1.57. The fraction of sp³-hybridized carbons (Fsp3) is 0.267. The quantitative estimate of drug-likeness (QED) is 0.164. The van der Waals surface area contributed by atoms with Gasteiger partial charge in [0.25, 0.3) is 5.91 Å². The molecule has 0 bridgehead atoms. The summed E-state index contributed by atoms with van der Waals surface area (Å²) in [5.41, 5.74) is 2.29. The maximum atomic E-state index is 12.7. The van der Waals surface area contributed by atoms with Crippen LogP contribution in [-0.2, 0) is 11.4 Å². The first kappa shape index (κ1) is 26.4. The Bertz CT molecular complexity index is 1180. The van der Waals surface area contributed by atoms with E-state index in [9.17, 15) is 10.1 Å². The molecule has 0 saturated carbocycles. The van der Waals surface area contributed by atoms with Crippen molar-refractivity contribution in [2.75, 3.05) is 19.0 Å². The minimum absolute atomic E-state index is 0.0188. The Hall–Kier alpha value is -4.24. The molecule has 0 spiro atoms. The van der Waals surface area contributed by atoms with Gasteiger partial charge >= 0.3 is 0 Å². The van der Waals surface area contributed by atoms with Crippen molar-refractivity contribution in [3.63, 3.8) is 0 Å². The van der Waals surface area contributed by atoms with Gasteiger partial charge in [0.2, 0.25) is 0 Å². The number of unbranched alkanes of at least 4 members (excludes halogenated alkanes) is 3. The molecule has 6 heteroatoms. The van der Waals surface area contributed by atoms with Crippen molar-refractivity contribution < 1.29 is 19.0 Å². The van der Waals surface area contributed by atoms with Gasteiger partial charge in [-0.05, 0) is 60.0 Å². The highest BCUT2D eigenvalue weighted by Crippen LogP contribution is 2.29. The van der Waals surface area contributed by atoms with Crippen LogP contribution in [0.25, 0.3) is 6.08 Å². The number of nitrogens with one attached hydrogen (secondary N) is 1. The molecular weight excluding hydrogens is 452 g/mol. The second-order valence-corrected chi connectivity index (χ2v) is 8.24. The Balaban J connectivity index is 1.59. The highest BCUT2D eigenvalue weighted by molar-refractivity contribution is 6.09. The smallest absolute Gasteiger partial charge is 0.266 e. The number of benzene rings is 3. The van der Waals surface area contributed by atoms with Crippen molar-refractivity contribution in [2.24, 2.45) is 0 Å². The predicted octanol–water partition coefficient (Wildman–Crippen LogP) is 6.78. The molecular formula is C30H32N2O4. The van der Waals surface area contributed by atoms with Gasteiger partial charge in [-0.25, -0.2) is 0 Å². The fourth-order valence-corrected chi connectivity index (χ4v) is 3.49. The molecule has 0 radical (unpaired) electrons. The standard InChI is InChI=1S/C30H32N2O4/c1-3-4-5-9-18-35-28-17-12-24(20-29(28)34-2)19-25(21-31)30(33)32-26-13-15-27(16-14-26)36-22-23-10-7-6-8-11-23/h6-8,10-17,19-20H,3-5,9,18,22H2,1-2H3,(H,32,33)/b25-19+. The number of hydrogen-bond acceptors (Lipinski definition) is 5. The Morgan fingerprint density at radius 1 is 0.944 bits per heavy atom. The monoisotopic (exact) mass is 484 g/mol. The van der Waals surface area contributed by atoms with Gasteiger partial charge in [0, 0.05) is 5.69 Å². The predicted molar refractivity (Wildman–Crippen MR) is 142 cm³/mol. The lowest BCUT2D eigenvalue weighted by Crippen LogP contribution is -2.13. The lowest BCUT2D eigenvalue weighted by Gasteiger charge is -2.11. The maximum Gasteiger partial charge on any atom is 0.266 e. The molecule has 1 N–H and O–H groups in total. The zero-order chi connectivity index (χ0) is 25.6. The van der Waals surface area contributed by atoms with Crippen LogP contribution in [0.15, 0.2) is 78.4 Å². The van der Waals surface area contributed by atoms with Crippen LogP contribution in [0, 0.1) is 11.3 Å². The molecule has 36 heavy (non-hydrogen) atoms. The summed E-state index contributed by atoms with van der Waals surface area (Å²) >= 11 is 0. The average molecular weight is 485 g/mol. The number of carbonyl (C=O) groups is 1. The second kappa shape index (κ2) is 14.2. The number of methoxy groups -OCH3 is 1. The largest absolute Gasteiger partial charge is 0.493 e. The number of hydrogen-bond donors (Lipinski definition) is 1. The summed E-state index contributed by atoms with van der Waals surface area (Å²) in [4.78, 5) is 12.7. The lowest BCUT2D eigenvalue weighted by molar-refractivity contribution is -0.112. The second-order valence-electron chi connectivity index (χ2n) is 8.24. The third-order valence-corrected chi connectivity index (χ3v) is 5.48. The van der Waals surface area contributed by atoms with E-state index in [0.717, 1.165) is 18.4 Å². The molecule has 0 atom stereocenters. The highest BCUT2D eigenvalue weighted by atomic mass is 16.5. The van der Waals surface area contributed by atoms with Gasteiger partial charge in [-0.3, -0.25) is 4.79 Å². The van der Waals surface area contributed by atoms with Crippen molar-refractivity contribution in [1.82, 2.24) is 0 Å². The van der Waals surface area contributed by atoms with Crippen LogP contribution in [0.2, 0.25) is 0 Å². The summed E-state index contributed by atoms with van der Waals surface area (Å²) in [6.07, 6.45) is 6.00. The molecule has 0 aliphatic rings. The molecule has 0 unspecified atom stereocenters. The van der Waals surface area contributed by atoms with Crippen LogP contribution in [-0.4, -0.2) is 19.6 Å². The summed E-state index contributed by atoms with van der Waals surface area (Å²) in [6, 6.07) is 24.2. The van der Waals surface area contributed by atoms with Crippen LogP contribution < -0.4 is 19.5 Å². The number of ether oxygens (including phenoxy) is 3. The fourth-order valence-electron chi connectivity index (χ4n) is 3.49. The van der Waals surface area contributed by atoms with Crippen molar-refractivity contribution in [1.29, 1.82) is 5.26 Å². The first-order valence-electron chi connectivity index (χ1n) is 12.1. The first-order valence-corrected chi connectivity index (χ1v) is 12.1. The van der Waals surface area contributed by atoms with Crippen molar-refractivity contribution in [2.45, 2.75) is 39.2 Å². The SMILES string of the molecule is CCCCCCOc1ccc(/C=C(\C#N)C(=O)Nc2ccc(OCc3ccccc3)cc2)cc1OC. The minimum Gasteiger partial charge on any atom is -0.493 e. The van der Waals surface area contributed by atoms with Crippen LogP contribution in [0.4, 0.5) is 5.69 Å². The van der Waals surface area contributed by atoms with E-state index in [4.69, 9.17) is 14.2 Å². The molecule has 3 aromatic carbocycles. The Morgan fingerprint density at radius 3 is 2.42 bits per heavy atom. The van der Waals surface area contributed by atoms with Gasteiger partial charge in [0.05, 0.1) is 13.7 Å². The third kappa shape index (κ3) is 8.21. The van der Waals surface area contributed by atoms with Gasteiger partial charge in [0.1, 0.15) is 24.0 Å².